The van der Waals surface area contributed by atoms with E-state index in [1.165, 1.54) is 109 Å². The molecule has 11 nitrogen and oxygen atoms in total. The highest BCUT2D eigenvalue weighted by Gasteiger charge is 2.44. The summed E-state index contributed by atoms with van der Waals surface area (Å²) in [4.78, 5) is 25.0. The van der Waals surface area contributed by atoms with Crippen LogP contribution in [0.25, 0.3) is 0 Å². The summed E-state index contributed by atoms with van der Waals surface area (Å²) in [5.41, 5.74) is 0. The van der Waals surface area contributed by atoms with E-state index >= 15 is 0 Å². The second-order valence-corrected chi connectivity index (χ2v) is 18.6. The van der Waals surface area contributed by atoms with E-state index in [0.29, 0.717) is 25.9 Å². The van der Waals surface area contributed by atoms with Gasteiger partial charge in [-0.15, -0.1) is 0 Å². The predicted octanol–water partition coefficient (Wildman–Crippen LogP) is 11.5. The maximum absolute atomic E-state index is 12.9. The molecule has 0 aromatic carbocycles. The molecule has 1 rings (SSSR count). The van der Waals surface area contributed by atoms with E-state index in [0.717, 1.165) is 70.6 Å². The number of amides is 1. The van der Waals surface area contributed by atoms with Gasteiger partial charge in [0.25, 0.3) is 0 Å². The van der Waals surface area contributed by atoms with Gasteiger partial charge in [-0.3, -0.25) is 9.59 Å². The fourth-order valence-electron chi connectivity index (χ4n) is 8.11. The Morgan fingerprint density at radius 3 is 1.67 bits per heavy atom. The number of hydrogen-bond donors (Lipinski definition) is 6. The van der Waals surface area contributed by atoms with Crippen molar-refractivity contribution >= 4 is 11.9 Å². The first kappa shape index (κ1) is 62.4. The molecule has 6 N–H and O–H groups in total. The Kier molecular flexibility index (Phi) is 42.6. The van der Waals surface area contributed by atoms with Crippen LogP contribution in [0.5, 0.6) is 0 Å². The Hall–Kier alpha value is -2.64. The Balaban J connectivity index is 2.13. The molecule has 1 amide bonds. The standard InChI is InChI=1S/C56H99NO10/c1-3-5-7-9-11-13-14-15-16-17-18-21-24-28-32-36-40-44-52(61)65-45-41-37-33-29-25-22-19-20-23-27-31-35-39-43-51(60)57-48(49(59)42-38-34-30-26-12-10-8-6-4-2)47-66-56-55(64)54(63)53(62)50(46-58)67-56/h4,6,12,20,23,26,31,35,38,42,48-50,53-56,58-59,62-64H,3,5,7-11,13-19,21-22,24-25,27-30,32-34,36-37,39-41,43-47H2,1-2H3,(H,57,60)/b6-4+,23-20-,26-12+,35-31-,42-38+. The van der Waals surface area contributed by atoms with Crippen LogP contribution in [0.4, 0.5) is 0 Å². The Bertz CT molecular complexity index is 1300. The van der Waals surface area contributed by atoms with Crippen molar-refractivity contribution < 1.29 is 49.3 Å². The van der Waals surface area contributed by atoms with Crippen molar-refractivity contribution in [3.05, 3.63) is 60.8 Å². The van der Waals surface area contributed by atoms with Gasteiger partial charge in [0.2, 0.25) is 5.91 Å². The number of carbonyl (C=O) groups excluding carboxylic acids is 2. The monoisotopic (exact) mass is 946 g/mol. The summed E-state index contributed by atoms with van der Waals surface area (Å²) in [5.74, 6) is -0.320. The fraction of sp³-hybridized carbons (Fsp3) is 0.786. The second-order valence-electron chi connectivity index (χ2n) is 18.6. The minimum Gasteiger partial charge on any atom is -0.466 e. The van der Waals surface area contributed by atoms with Crippen LogP contribution in [0.3, 0.4) is 0 Å². The van der Waals surface area contributed by atoms with Crippen molar-refractivity contribution in [2.75, 3.05) is 19.8 Å². The molecule has 7 atom stereocenters. The molecular weight excluding hydrogens is 847 g/mol. The number of hydrogen-bond acceptors (Lipinski definition) is 10. The third-order valence-corrected chi connectivity index (χ3v) is 12.4. The Labute approximate surface area is 408 Å². The first-order chi connectivity index (χ1) is 32.7. The van der Waals surface area contributed by atoms with E-state index in [1.54, 1.807) is 6.08 Å². The molecule has 0 bridgehead atoms. The van der Waals surface area contributed by atoms with Crippen LogP contribution in [-0.2, 0) is 23.8 Å². The van der Waals surface area contributed by atoms with Gasteiger partial charge in [-0.25, -0.2) is 0 Å². The smallest absolute Gasteiger partial charge is 0.305 e. The van der Waals surface area contributed by atoms with E-state index in [4.69, 9.17) is 14.2 Å². The lowest BCUT2D eigenvalue weighted by Crippen LogP contribution is -2.60. The highest BCUT2D eigenvalue weighted by Crippen LogP contribution is 2.23. The van der Waals surface area contributed by atoms with E-state index in [9.17, 15) is 35.1 Å². The largest absolute Gasteiger partial charge is 0.466 e. The van der Waals surface area contributed by atoms with Crippen LogP contribution in [-0.4, -0.2) is 100 Å². The summed E-state index contributed by atoms with van der Waals surface area (Å²) < 4.78 is 16.6. The molecule has 0 spiro atoms. The van der Waals surface area contributed by atoms with E-state index < -0.39 is 49.5 Å². The molecular formula is C56H99NO10. The van der Waals surface area contributed by atoms with Crippen LogP contribution in [0, 0.1) is 0 Å². The minimum absolute atomic E-state index is 0.0386. The van der Waals surface area contributed by atoms with Crippen molar-refractivity contribution in [3.8, 4) is 0 Å². The molecule has 0 aromatic rings. The van der Waals surface area contributed by atoms with Crippen molar-refractivity contribution in [1.82, 2.24) is 5.32 Å². The molecule has 1 aliphatic heterocycles. The van der Waals surface area contributed by atoms with E-state index in [-0.39, 0.29) is 24.9 Å². The first-order valence-corrected chi connectivity index (χ1v) is 27.0. The maximum Gasteiger partial charge on any atom is 0.305 e. The zero-order valence-corrected chi connectivity index (χ0v) is 42.3. The fourth-order valence-corrected chi connectivity index (χ4v) is 8.11. The molecule has 388 valence electrons. The van der Waals surface area contributed by atoms with Crippen LogP contribution >= 0.6 is 0 Å². The molecule has 1 saturated heterocycles. The van der Waals surface area contributed by atoms with Gasteiger partial charge >= 0.3 is 5.97 Å². The first-order valence-electron chi connectivity index (χ1n) is 27.0. The number of aliphatic hydroxyl groups is 5. The summed E-state index contributed by atoms with van der Waals surface area (Å²) in [5, 5.41) is 53.9. The molecule has 0 aromatic heterocycles. The zero-order chi connectivity index (χ0) is 48.8. The van der Waals surface area contributed by atoms with Crippen LogP contribution in [0.15, 0.2) is 60.8 Å². The van der Waals surface area contributed by atoms with Gasteiger partial charge in [-0.1, -0.05) is 196 Å². The third-order valence-electron chi connectivity index (χ3n) is 12.4. The molecule has 1 fully saturated rings. The highest BCUT2D eigenvalue weighted by molar-refractivity contribution is 5.76. The van der Waals surface area contributed by atoms with E-state index in [1.807, 2.05) is 31.2 Å². The maximum atomic E-state index is 12.9. The van der Waals surface area contributed by atoms with Gasteiger partial charge in [0.1, 0.15) is 24.4 Å². The molecule has 0 saturated carbocycles. The summed E-state index contributed by atoms with van der Waals surface area (Å²) >= 11 is 0. The number of esters is 1. The van der Waals surface area contributed by atoms with Gasteiger partial charge in [0, 0.05) is 12.8 Å². The second kappa shape index (κ2) is 45.8. The van der Waals surface area contributed by atoms with Gasteiger partial charge in [0.15, 0.2) is 6.29 Å². The Morgan fingerprint density at radius 2 is 1.09 bits per heavy atom. The van der Waals surface area contributed by atoms with Crippen molar-refractivity contribution in [3.63, 3.8) is 0 Å². The van der Waals surface area contributed by atoms with E-state index in [2.05, 4.69) is 42.6 Å². The number of nitrogens with one attached hydrogen (secondary N) is 1. The lowest BCUT2D eigenvalue weighted by molar-refractivity contribution is -0.302. The zero-order valence-electron chi connectivity index (χ0n) is 42.3. The quantitative estimate of drug-likeness (QED) is 0.0196. The summed E-state index contributed by atoms with van der Waals surface area (Å²) in [7, 11) is 0. The average Bonchev–Trinajstić information content (AvgIpc) is 3.32. The molecule has 7 unspecified atom stereocenters. The summed E-state index contributed by atoms with van der Waals surface area (Å²) in [6, 6.07) is -0.878. The molecule has 0 radical (unpaired) electrons. The number of aliphatic hydroxyl groups excluding tert-OH is 5. The lowest BCUT2D eigenvalue weighted by Gasteiger charge is -2.40. The van der Waals surface area contributed by atoms with Gasteiger partial charge in [-0.2, -0.15) is 0 Å². The normalized spacial score (nSPS) is 20.0. The van der Waals surface area contributed by atoms with Crippen molar-refractivity contribution in [1.29, 1.82) is 0 Å². The van der Waals surface area contributed by atoms with Gasteiger partial charge in [-0.05, 0) is 71.1 Å². The highest BCUT2D eigenvalue weighted by atomic mass is 16.7. The molecule has 0 aliphatic carbocycles. The topological polar surface area (TPSA) is 175 Å². The van der Waals surface area contributed by atoms with Gasteiger partial charge < -0.3 is 45.1 Å². The summed E-state index contributed by atoms with van der Waals surface area (Å²) in [6.07, 6.45) is 47.8. The average molecular weight is 946 g/mol. The molecule has 1 heterocycles. The van der Waals surface area contributed by atoms with Crippen LogP contribution in [0.2, 0.25) is 0 Å². The number of allylic oxidation sites excluding steroid dienone is 9. The third kappa shape index (κ3) is 36.0. The van der Waals surface area contributed by atoms with Crippen molar-refractivity contribution in [2.45, 2.75) is 262 Å². The number of unbranched alkanes of at least 4 members (excludes halogenated alkanes) is 24. The lowest BCUT2D eigenvalue weighted by atomic mass is 9.99. The summed E-state index contributed by atoms with van der Waals surface area (Å²) in [6.45, 7) is 3.98. The number of carbonyl (C=O) groups is 2. The minimum atomic E-state index is -1.60. The van der Waals surface area contributed by atoms with Gasteiger partial charge in [0.05, 0.1) is 32.0 Å². The predicted molar refractivity (Wildman–Crippen MR) is 273 cm³/mol. The number of rotatable bonds is 45. The van der Waals surface area contributed by atoms with Crippen LogP contribution in [0.1, 0.15) is 219 Å². The van der Waals surface area contributed by atoms with Crippen LogP contribution < -0.4 is 5.32 Å². The molecule has 11 heteroatoms. The van der Waals surface area contributed by atoms with Crippen molar-refractivity contribution in [2.24, 2.45) is 0 Å². The molecule has 1 aliphatic rings. The SMILES string of the molecule is C/C=C/CC/C=C/CC/C=C/C(O)C(COC1OC(CO)C(O)C(O)C1O)NC(=O)CC/C=C\C/C=C\CCCCCCCCOC(=O)CCCCCCCCCCCCCCCCCCC. The number of ether oxygens (including phenoxy) is 3. The Morgan fingerprint density at radius 1 is 0.582 bits per heavy atom. The molecule has 67 heavy (non-hydrogen) atoms.